The van der Waals surface area contributed by atoms with Gasteiger partial charge < -0.3 is 68.2 Å². The Bertz CT molecular complexity index is 2080. The average Bonchev–Trinajstić information content (AvgIpc) is 4.06. The molecule has 2 amide bonds. The minimum Gasteiger partial charge on any atom is -0.469 e. The second-order valence-electron chi connectivity index (χ2n) is 19.3. The molecular formula is C45H68N8O15S. The van der Waals surface area contributed by atoms with Crippen LogP contribution >= 0.6 is 0 Å². The Hall–Kier alpha value is -5.01. The minimum absolute atomic E-state index is 0.140. The summed E-state index contributed by atoms with van der Waals surface area (Å²) in [4.78, 5) is 66.3. The molecule has 0 aromatic carbocycles. The van der Waals surface area contributed by atoms with Crippen molar-refractivity contribution in [2.24, 2.45) is 5.73 Å². The van der Waals surface area contributed by atoms with Gasteiger partial charge in [0.15, 0.2) is 24.4 Å². The molecule has 8 rings (SSSR count). The number of ether oxygens (including phenoxy) is 10. The highest BCUT2D eigenvalue weighted by molar-refractivity contribution is 7.84. The van der Waals surface area contributed by atoms with Crippen molar-refractivity contribution in [3.05, 3.63) is 24.5 Å². The predicted octanol–water partition coefficient (Wildman–Crippen LogP) is 2.80. The van der Waals surface area contributed by atoms with E-state index in [9.17, 15) is 23.4 Å². The molecule has 0 spiro atoms. The molecule has 8 heterocycles. The number of anilines is 1. The van der Waals surface area contributed by atoms with Crippen molar-refractivity contribution in [1.82, 2.24) is 29.7 Å². The predicted molar refractivity (Wildman–Crippen MR) is 245 cm³/mol. The van der Waals surface area contributed by atoms with Gasteiger partial charge in [0, 0.05) is 82.9 Å². The Morgan fingerprint density at radius 3 is 1.49 bits per heavy atom. The molecule has 9 atom stereocenters. The van der Waals surface area contributed by atoms with Crippen LogP contribution in [0.4, 0.5) is 15.5 Å². The summed E-state index contributed by atoms with van der Waals surface area (Å²) in [6.45, 7) is 17.8. The van der Waals surface area contributed by atoms with Gasteiger partial charge in [0.05, 0.1) is 37.2 Å². The summed E-state index contributed by atoms with van der Waals surface area (Å²) in [5.74, 6) is 0.457. The van der Waals surface area contributed by atoms with E-state index in [0.717, 1.165) is 38.8 Å². The molecule has 6 aliphatic rings. The molecule has 24 heteroatoms. The number of carbonyl (C=O) groups is 4. The molecule has 0 aliphatic carbocycles. The van der Waals surface area contributed by atoms with Gasteiger partial charge in [-0.15, -0.1) is 0 Å². The fourth-order valence-corrected chi connectivity index (χ4v) is 8.56. The first-order valence-electron chi connectivity index (χ1n) is 23.2. The lowest BCUT2D eigenvalue weighted by molar-refractivity contribution is -0.151. The van der Waals surface area contributed by atoms with Crippen molar-refractivity contribution < 1.29 is 70.8 Å². The number of aromatic nitrogens is 4. The van der Waals surface area contributed by atoms with Gasteiger partial charge in [-0.3, -0.25) is 13.8 Å². The molecule has 0 bridgehead atoms. The van der Waals surface area contributed by atoms with Crippen LogP contribution < -0.4 is 20.5 Å². The van der Waals surface area contributed by atoms with E-state index in [1.165, 1.54) is 26.3 Å². The number of nitrogens with zero attached hydrogens (tertiary/aromatic N) is 6. The Balaban J connectivity index is 0.000000187. The van der Waals surface area contributed by atoms with E-state index in [1.807, 2.05) is 41.5 Å². The highest BCUT2D eigenvalue weighted by Gasteiger charge is 2.52. The lowest BCUT2D eigenvalue weighted by Crippen LogP contribution is -2.44. The first-order chi connectivity index (χ1) is 32.6. The van der Waals surface area contributed by atoms with Crippen LogP contribution in [0.25, 0.3) is 0 Å². The van der Waals surface area contributed by atoms with Gasteiger partial charge in [-0.25, -0.2) is 19.6 Å². The number of fused-ring (bicyclic) bond motifs is 2. The lowest BCUT2D eigenvalue weighted by atomic mass is 10.1. The maximum atomic E-state index is 12.2. The van der Waals surface area contributed by atoms with Gasteiger partial charge in [0.25, 0.3) is 0 Å². The number of carbonyl (C=O) groups excluding carboxylic acids is 4. The van der Waals surface area contributed by atoms with E-state index in [1.54, 1.807) is 28.1 Å². The van der Waals surface area contributed by atoms with Crippen LogP contribution in [0.3, 0.4) is 0 Å². The summed E-state index contributed by atoms with van der Waals surface area (Å²) in [6.07, 6.45) is 4.52. The summed E-state index contributed by atoms with van der Waals surface area (Å²) in [6, 6.07) is 3.65. The first-order valence-corrected chi connectivity index (χ1v) is 24.8. The highest BCUT2D eigenvalue weighted by atomic mass is 32.2. The molecular weight excluding hydrogens is 925 g/mol. The fourth-order valence-electron chi connectivity index (χ4n) is 8.13. The van der Waals surface area contributed by atoms with Crippen LogP contribution in [-0.2, 0) is 58.3 Å². The summed E-state index contributed by atoms with van der Waals surface area (Å²) in [5.41, 5.74) is 4.84. The number of esters is 2. The number of rotatable bonds is 9. The Kier molecular flexibility index (Phi) is 18.3. The van der Waals surface area contributed by atoms with Crippen LogP contribution in [0.2, 0.25) is 0 Å². The van der Waals surface area contributed by atoms with Crippen molar-refractivity contribution in [2.75, 3.05) is 64.2 Å². The van der Waals surface area contributed by atoms with Crippen molar-refractivity contribution >= 4 is 40.9 Å². The molecule has 2 aromatic rings. The summed E-state index contributed by atoms with van der Waals surface area (Å²) in [5, 5.41) is 3.53. The zero-order valence-electron chi connectivity index (χ0n) is 40.9. The Labute approximate surface area is 404 Å². The molecule has 1 unspecified atom stereocenters. The smallest absolute Gasteiger partial charge is 0.410 e. The fraction of sp³-hybridized carbons (Fsp3) is 0.733. The number of amides is 2. The number of nitrogens with one attached hydrogen (secondary N) is 1. The molecule has 2 aromatic heterocycles. The summed E-state index contributed by atoms with van der Waals surface area (Å²) >= 11 is 0. The maximum absolute atomic E-state index is 12.2. The zero-order valence-corrected chi connectivity index (χ0v) is 41.7. The van der Waals surface area contributed by atoms with Crippen molar-refractivity contribution in [3.8, 4) is 11.8 Å². The van der Waals surface area contributed by atoms with Crippen molar-refractivity contribution in [1.29, 1.82) is 0 Å². The van der Waals surface area contributed by atoms with E-state index >= 15 is 0 Å². The molecule has 23 nitrogen and oxygen atoms in total. The second kappa shape index (κ2) is 23.7. The average molecular weight is 993 g/mol. The zero-order chi connectivity index (χ0) is 50.0. The number of hydrogen-bond donors (Lipinski definition) is 2. The lowest BCUT2D eigenvalue weighted by Gasteiger charge is -2.33. The molecule has 6 fully saturated rings. The Morgan fingerprint density at radius 2 is 1.06 bits per heavy atom. The molecule has 0 saturated carbocycles. The van der Waals surface area contributed by atoms with Crippen LogP contribution in [-0.4, -0.2) is 189 Å². The van der Waals surface area contributed by atoms with E-state index in [2.05, 4.69) is 25.3 Å². The van der Waals surface area contributed by atoms with Gasteiger partial charge in [-0.05, 0) is 67.2 Å². The topological polar surface area (TPSA) is 274 Å². The number of likely N-dealkylation sites (tertiary alicyclic amines) is 2. The molecule has 6 saturated heterocycles. The third kappa shape index (κ3) is 16.0. The van der Waals surface area contributed by atoms with Gasteiger partial charge in [-0.2, -0.15) is 9.97 Å². The SMILES string of the molecule is CC(=O)O[C@H]1CO[C@H]2[C@@H]1OC[C@@H]2Oc1ccnc(NC2CCN(C(=O)OC(C)(C)C)CC2)n1.CC(=O)O[C@H]1CO[C@H]2[C@@H]1OC[C@@H]2Oc1ccnc(S(C)=O)n1.CC(C)(C)OC(=O)N1CCC(N)CC1. The molecule has 384 valence electrons. The van der Waals surface area contributed by atoms with Crippen molar-refractivity contribution in [2.45, 2.75) is 158 Å². The number of hydrogen-bond acceptors (Lipinski definition) is 21. The molecule has 6 aliphatic heterocycles. The Morgan fingerprint density at radius 1 is 0.652 bits per heavy atom. The third-order valence-corrected chi connectivity index (χ3v) is 12.0. The van der Waals surface area contributed by atoms with Gasteiger partial charge in [-0.1, -0.05) is 0 Å². The van der Waals surface area contributed by atoms with Gasteiger partial charge in [0.1, 0.15) is 35.6 Å². The van der Waals surface area contributed by atoms with Crippen LogP contribution in [0.15, 0.2) is 29.7 Å². The van der Waals surface area contributed by atoms with Gasteiger partial charge >= 0.3 is 24.1 Å². The normalized spacial score (nSPS) is 27.3. The third-order valence-electron chi connectivity index (χ3n) is 11.3. The van der Waals surface area contributed by atoms with E-state index in [4.69, 9.17) is 53.1 Å². The van der Waals surface area contributed by atoms with E-state index in [-0.39, 0.29) is 91.2 Å². The quantitative estimate of drug-likeness (QED) is 0.208. The number of nitrogens with two attached hydrogens (primary N) is 1. The largest absolute Gasteiger partial charge is 0.469 e. The molecule has 69 heavy (non-hydrogen) atoms. The highest BCUT2D eigenvalue weighted by Crippen LogP contribution is 2.33. The second-order valence-corrected chi connectivity index (χ2v) is 20.6. The first kappa shape index (κ1) is 53.3. The minimum atomic E-state index is -1.28. The monoisotopic (exact) mass is 992 g/mol. The van der Waals surface area contributed by atoms with Crippen LogP contribution in [0.5, 0.6) is 11.8 Å². The van der Waals surface area contributed by atoms with E-state index < -0.39 is 34.2 Å². The van der Waals surface area contributed by atoms with Crippen LogP contribution in [0.1, 0.15) is 81.1 Å². The summed E-state index contributed by atoms with van der Waals surface area (Å²) < 4.78 is 67.1. The maximum Gasteiger partial charge on any atom is 0.410 e. The van der Waals surface area contributed by atoms with Crippen LogP contribution in [0, 0.1) is 0 Å². The molecule has 0 radical (unpaired) electrons. The standard InChI is InChI=1S/C22H32N4O7.C13H16N2O6S.C10H20N2O2/c1-13(27)31-15-11-29-19-16(12-30-18(15)19)32-17-5-8-23-20(25-17)24-14-6-9-26(10-7-14)21(28)33-22(2,3)4;1-7(16)20-8-5-18-12-9(6-19-11(8)12)21-10-3-4-14-13(15-10)22(2)17;1-10(2,3)14-9(13)12-6-4-8(11)5-7-12/h5,8,14-16,18-19H,6-7,9-12H2,1-4H3,(H,23,24,25);3-4,8-9,11-12H,5-6H2,1-2H3;8H,4-7,11H2,1-3H3/t15-,16-,18+,19+;8-,9-,11+,12+,22?;/m00./s1. The van der Waals surface area contributed by atoms with E-state index in [0.29, 0.717) is 44.0 Å². The van der Waals surface area contributed by atoms with Crippen molar-refractivity contribution in [3.63, 3.8) is 0 Å². The summed E-state index contributed by atoms with van der Waals surface area (Å²) in [7, 11) is -1.28. The molecule has 3 N–H and O–H groups in total. The van der Waals surface area contributed by atoms with Gasteiger partial charge in [0.2, 0.25) is 22.9 Å². The number of piperidine rings is 2.